The Balaban J connectivity index is 1.79. The van der Waals surface area contributed by atoms with Crippen molar-refractivity contribution >= 4 is 11.6 Å². The van der Waals surface area contributed by atoms with Crippen LogP contribution in [-0.4, -0.2) is 19.1 Å². The first-order valence-electron chi connectivity index (χ1n) is 7.90. The Bertz CT molecular complexity index is 614. The van der Waals surface area contributed by atoms with Gasteiger partial charge in [-0.1, -0.05) is 49.4 Å². The number of amides is 1. The zero-order chi connectivity index (χ0) is 16.5. The fourth-order valence-electron chi connectivity index (χ4n) is 2.14. The minimum atomic E-state index is -0.194. The first-order chi connectivity index (χ1) is 11.2. The standard InChI is InChI=1S/C19H24N2O2/c1-15(13-20)19(22)21-18-9-5-8-17(12-18)14-23-11-10-16-6-3-2-4-7-16/h2-9,12,15H,10-11,13-14,20H2,1H3,(H,21,22). The second-order valence-corrected chi connectivity index (χ2v) is 5.61. The van der Waals surface area contributed by atoms with Crippen molar-refractivity contribution in [2.24, 2.45) is 11.7 Å². The molecule has 0 aromatic heterocycles. The predicted octanol–water partition coefficient (Wildman–Crippen LogP) is 2.98. The summed E-state index contributed by atoms with van der Waals surface area (Å²) in [5, 5.41) is 2.87. The molecule has 0 aliphatic rings. The van der Waals surface area contributed by atoms with E-state index in [0.29, 0.717) is 19.8 Å². The molecule has 4 heteroatoms. The van der Waals surface area contributed by atoms with Crippen LogP contribution < -0.4 is 11.1 Å². The van der Waals surface area contributed by atoms with Crippen LogP contribution in [0.15, 0.2) is 54.6 Å². The maximum atomic E-state index is 11.8. The van der Waals surface area contributed by atoms with E-state index in [1.165, 1.54) is 5.56 Å². The normalized spacial score (nSPS) is 11.9. The van der Waals surface area contributed by atoms with Gasteiger partial charge < -0.3 is 15.8 Å². The first kappa shape index (κ1) is 17.2. The summed E-state index contributed by atoms with van der Waals surface area (Å²) in [4.78, 5) is 11.8. The van der Waals surface area contributed by atoms with E-state index < -0.39 is 0 Å². The van der Waals surface area contributed by atoms with Crippen LogP contribution in [0.1, 0.15) is 18.1 Å². The maximum absolute atomic E-state index is 11.8. The number of carbonyl (C=O) groups is 1. The molecule has 2 rings (SSSR count). The van der Waals surface area contributed by atoms with E-state index in [9.17, 15) is 4.79 Å². The molecule has 0 aliphatic heterocycles. The van der Waals surface area contributed by atoms with Crippen molar-refractivity contribution < 1.29 is 9.53 Å². The number of anilines is 1. The lowest BCUT2D eigenvalue weighted by Gasteiger charge is -2.11. The number of nitrogens with one attached hydrogen (secondary N) is 1. The molecule has 23 heavy (non-hydrogen) atoms. The fraction of sp³-hybridized carbons (Fsp3) is 0.316. The van der Waals surface area contributed by atoms with Gasteiger partial charge in [-0.25, -0.2) is 0 Å². The van der Waals surface area contributed by atoms with Crippen molar-refractivity contribution in [2.75, 3.05) is 18.5 Å². The molecule has 3 N–H and O–H groups in total. The van der Waals surface area contributed by atoms with Gasteiger partial charge in [0, 0.05) is 18.2 Å². The topological polar surface area (TPSA) is 64.4 Å². The van der Waals surface area contributed by atoms with Gasteiger partial charge in [-0.2, -0.15) is 0 Å². The average molecular weight is 312 g/mol. The molecule has 0 fully saturated rings. The Morgan fingerprint density at radius 2 is 1.87 bits per heavy atom. The summed E-state index contributed by atoms with van der Waals surface area (Å²) in [5.41, 5.74) is 8.59. The molecule has 0 spiro atoms. The minimum absolute atomic E-state index is 0.0605. The number of nitrogens with two attached hydrogens (primary N) is 1. The smallest absolute Gasteiger partial charge is 0.228 e. The summed E-state index contributed by atoms with van der Waals surface area (Å²) in [6.45, 7) is 3.35. The Labute approximate surface area is 137 Å². The van der Waals surface area contributed by atoms with Crippen LogP contribution in [0.3, 0.4) is 0 Å². The molecule has 2 aromatic carbocycles. The van der Waals surface area contributed by atoms with Gasteiger partial charge in [0.05, 0.1) is 13.2 Å². The Morgan fingerprint density at radius 1 is 1.13 bits per heavy atom. The third-order valence-corrected chi connectivity index (χ3v) is 3.64. The zero-order valence-corrected chi connectivity index (χ0v) is 13.5. The van der Waals surface area contributed by atoms with Gasteiger partial charge in [0.1, 0.15) is 0 Å². The molecule has 0 bridgehead atoms. The first-order valence-corrected chi connectivity index (χ1v) is 7.90. The quantitative estimate of drug-likeness (QED) is 0.737. The third-order valence-electron chi connectivity index (χ3n) is 3.64. The van der Waals surface area contributed by atoms with Gasteiger partial charge in [0.2, 0.25) is 5.91 Å². The lowest BCUT2D eigenvalue weighted by molar-refractivity contribution is -0.119. The Hall–Kier alpha value is -2.17. The SMILES string of the molecule is CC(CN)C(=O)Nc1cccc(COCCc2ccccc2)c1. The van der Waals surface area contributed by atoms with Gasteiger partial charge in [-0.15, -0.1) is 0 Å². The van der Waals surface area contributed by atoms with E-state index in [4.69, 9.17) is 10.5 Å². The molecule has 0 saturated heterocycles. The molecule has 2 aromatic rings. The fourth-order valence-corrected chi connectivity index (χ4v) is 2.14. The molecular formula is C19H24N2O2. The average Bonchev–Trinajstić information content (AvgIpc) is 2.59. The van der Waals surface area contributed by atoms with E-state index in [0.717, 1.165) is 17.7 Å². The van der Waals surface area contributed by atoms with E-state index >= 15 is 0 Å². The summed E-state index contributed by atoms with van der Waals surface area (Å²) in [7, 11) is 0. The van der Waals surface area contributed by atoms with Crippen molar-refractivity contribution in [3.05, 3.63) is 65.7 Å². The number of benzene rings is 2. The van der Waals surface area contributed by atoms with Gasteiger partial charge in [0.15, 0.2) is 0 Å². The zero-order valence-electron chi connectivity index (χ0n) is 13.5. The second kappa shape index (κ2) is 9.08. The Morgan fingerprint density at radius 3 is 2.61 bits per heavy atom. The van der Waals surface area contributed by atoms with E-state index in [2.05, 4.69) is 17.4 Å². The van der Waals surface area contributed by atoms with Gasteiger partial charge in [-0.3, -0.25) is 4.79 Å². The van der Waals surface area contributed by atoms with E-state index in [1.807, 2.05) is 49.4 Å². The van der Waals surface area contributed by atoms with Crippen LogP contribution in [0.4, 0.5) is 5.69 Å². The summed E-state index contributed by atoms with van der Waals surface area (Å²) < 4.78 is 5.72. The molecule has 4 nitrogen and oxygen atoms in total. The third kappa shape index (κ3) is 5.85. The minimum Gasteiger partial charge on any atom is -0.376 e. The molecule has 1 unspecified atom stereocenters. The van der Waals surface area contributed by atoms with Crippen molar-refractivity contribution in [2.45, 2.75) is 20.0 Å². The monoisotopic (exact) mass is 312 g/mol. The second-order valence-electron chi connectivity index (χ2n) is 5.61. The predicted molar refractivity (Wildman–Crippen MR) is 93.1 cm³/mol. The number of hydrogen-bond acceptors (Lipinski definition) is 3. The van der Waals surface area contributed by atoms with Gasteiger partial charge in [0.25, 0.3) is 0 Å². The highest BCUT2D eigenvalue weighted by atomic mass is 16.5. The van der Waals surface area contributed by atoms with Crippen molar-refractivity contribution in [3.8, 4) is 0 Å². The molecule has 0 aliphatic carbocycles. The molecule has 1 atom stereocenters. The number of hydrogen-bond donors (Lipinski definition) is 2. The number of ether oxygens (including phenoxy) is 1. The molecular weight excluding hydrogens is 288 g/mol. The van der Waals surface area contributed by atoms with Crippen molar-refractivity contribution in [1.82, 2.24) is 0 Å². The molecule has 1 amide bonds. The van der Waals surface area contributed by atoms with Gasteiger partial charge in [-0.05, 0) is 29.7 Å². The number of rotatable bonds is 8. The van der Waals surface area contributed by atoms with Gasteiger partial charge >= 0.3 is 0 Å². The molecule has 0 radical (unpaired) electrons. The van der Waals surface area contributed by atoms with Crippen LogP contribution >= 0.6 is 0 Å². The molecule has 0 saturated carbocycles. The van der Waals surface area contributed by atoms with Crippen LogP contribution in [0.5, 0.6) is 0 Å². The Kier molecular flexibility index (Phi) is 6.78. The van der Waals surface area contributed by atoms with E-state index in [1.54, 1.807) is 0 Å². The summed E-state index contributed by atoms with van der Waals surface area (Å²) in [6.07, 6.45) is 0.894. The summed E-state index contributed by atoms with van der Waals surface area (Å²) in [5.74, 6) is -0.254. The van der Waals surface area contributed by atoms with Crippen LogP contribution in [-0.2, 0) is 22.6 Å². The molecule has 122 valence electrons. The maximum Gasteiger partial charge on any atom is 0.228 e. The summed E-state index contributed by atoms with van der Waals surface area (Å²) in [6, 6.07) is 18.0. The van der Waals surface area contributed by atoms with Crippen molar-refractivity contribution in [1.29, 1.82) is 0 Å². The highest BCUT2D eigenvalue weighted by molar-refractivity contribution is 5.92. The van der Waals surface area contributed by atoms with Crippen LogP contribution in [0.25, 0.3) is 0 Å². The highest BCUT2D eigenvalue weighted by Crippen LogP contribution is 2.13. The number of carbonyl (C=O) groups excluding carboxylic acids is 1. The molecule has 0 heterocycles. The largest absolute Gasteiger partial charge is 0.376 e. The summed E-state index contributed by atoms with van der Waals surface area (Å²) >= 11 is 0. The van der Waals surface area contributed by atoms with Crippen molar-refractivity contribution in [3.63, 3.8) is 0 Å². The van der Waals surface area contributed by atoms with E-state index in [-0.39, 0.29) is 11.8 Å². The lowest BCUT2D eigenvalue weighted by atomic mass is 10.1. The van der Waals surface area contributed by atoms with Crippen LogP contribution in [0, 0.1) is 5.92 Å². The highest BCUT2D eigenvalue weighted by Gasteiger charge is 2.10. The lowest BCUT2D eigenvalue weighted by Crippen LogP contribution is -2.26. The van der Waals surface area contributed by atoms with Crippen LogP contribution in [0.2, 0.25) is 0 Å².